The molecule has 0 radical (unpaired) electrons. The van der Waals surface area contributed by atoms with Gasteiger partial charge in [0.05, 0.1) is 6.42 Å². The van der Waals surface area contributed by atoms with Crippen molar-refractivity contribution < 1.29 is 14.4 Å². The maximum absolute atomic E-state index is 12.5. The maximum atomic E-state index is 12.5. The van der Waals surface area contributed by atoms with Crippen molar-refractivity contribution in [3.05, 3.63) is 40.9 Å². The summed E-state index contributed by atoms with van der Waals surface area (Å²) in [4.78, 5) is 43.3. The van der Waals surface area contributed by atoms with Crippen molar-refractivity contribution in [2.24, 2.45) is 5.92 Å². The number of hydrogen-bond donors (Lipinski definition) is 2. The summed E-state index contributed by atoms with van der Waals surface area (Å²) in [6.07, 6.45) is 3.40. The number of aromatic nitrogens is 1. The van der Waals surface area contributed by atoms with Gasteiger partial charge in [-0.1, -0.05) is 26.0 Å². The first-order valence-electron chi connectivity index (χ1n) is 10.2. The van der Waals surface area contributed by atoms with Crippen molar-refractivity contribution in [1.29, 1.82) is 0 Å². The number of rotatable bonds is 6. The van der Waals surface area contributed by atoms with Gasteiger partial charge in [-0.15, -0.1) is 11.3 Å². The van der Waals surface area contributed by atoms with Gasteiger partial charge in [-0.2, -0.15) is 0 Å². The van der Waals surface area contributed by atoms with Crippen LogP contribution in [0.4, 0.5) is 10.8 Å². The Morgan fingerprint density at radius 3 is 2.37 bits per heavy atom. The van der Waals surface area contributed by atoms with Crippen molar-refractivity contribution in [2.75, 3.05) is 23.7 Å². The Morgan fingerprint density at radius 1 is 1.13 bits per heavy atom. The van der Waals surface area contributed by atoms with Gasteiger partial charge in [-0.05, 0) is 36.5 Å². The average Bonchev–Trinajstić information content (AvgIpc) is 3.18. The van der Waals surface area contributed by atoms with Gasteiger partial charge in [-0.3, -0.25) is 14.4 Å². The number of anilines is 2. The lowest BCUT2D eigenvalue weighted by atomic mass is 9.95. The first-order valence-corrected chi connectivity index (χ1v) is 11.0. The fourth-order valence-electron chi connectivity index (χ4n) is 3.37. The zero-order valence-corrected chi connectivity index (χ0v) is 18.4. The molecule has 0 aliphatic carbocycles. The van der Waals surface area contributed by atoms with Gasteiger partial charge in [0.1, 0.15) is 0 Å². The number of piperidine rings is 1. The van der Waals surface area contributed by atoms with E-state index in [1.54, 1.807) is 18.0 Å². The minimum atomic E-state index is -0.117. The number of likely N-dealkylation sites (tertiary alicyclic amines) is 1. The summed E-state index contributed by atoms with van der Waals surface area (Å²) in [7, 11) is 0. The van der Waals surface area contributed by atoms with Gasteiger partial charge < -0.3 is 15.5 Å². The first kappa shape index (κ1) is 22.0. The molecule has 30 heavy (non-hydrogen) atoms. The summed E-state index contributed by atoms with van der Waals surface area (Å²) < 4.78 is 0. The van der Waals surface area contributed by atoms with Crippen molar-refractivity contribution in [3.63, 3.8) is 0 Å². The van der Waals surface area contributed by atoms with E-state index in [1.807, 2.05) is 24.3 Å². The van der Waals surface area contributed by atoms with Crippen LogP contribution in [-0.2, 0) is 20.8 Å². The lowest BCUT2D eigenvalue weighted by Crippen LogP contribution is -2.40. The molecular weight excluding hydrogens is 400 g/mol. The molecule has 160 valence electrons. The van der Waals surface area contributed by atoms with E-state index in [0.717, 1.165) is 10.4 Å². The number of amides is 3. The summed E-state index contributed by atoms with van der Waals surface area (Å²) in [5, 5.41) is 6.39. The SMILES string of the molecule is CC(=O)N1CCC(C(=O)Nc2ccc(CC(=O)Nc3ncc(C(C)C)s3)cc2)CC1. The molecule has 0 unspecified atom stereocenters. The fourth-order valence-corrected chi connectivity index (χ4v) is 4.20. The van der Waals surface area contributed by atoms with E-state index in [-0.39, 0.29) is 30.1 Å². The molecule has 3 rings (SSSR count). The van der Waals surface area contributed by atoms with Gasteiger partial charge in [-0.25, -0.2) is 4.98 Å². The second kappa shape index (κ2) is 9.84. The minimum absolute atomic E-state index is 0.0200. The Morgan fingerprint density at radius 2 is 1.80 bits per heavy atom. The van der Waals surface area contributed by atoms with Crippen LogP contribution in [0.5, 0.6) is 0 Å². The molecule has 1 fully saturated rings. The zero-order valence-electron chi connectivity index (χ0n) is 17.6. The predicted molar refractivity (Wildman–Crippen MR) is 119 cm³/mol. The number of nitrogens with one attached hydrogen (secondary N) is 2. The Bertz CT molecular complexity index is 899. The second-order valence-corrected chi connectivity index (χ2v) is 8.98. The van der Waals surface area contributed by atoms with Crippen LogP contribution < -0.4 is 10.6 Å². The third kappa shape index (κ3) is 5.89. The molecule has 7 nitrogen and oxygen atoms in total. The highest BCUT2D eigenvalue weighted by Gasteiger charge is 2.26. The first-order chi connectivity index (χ1) is 14.3. The molecule has 3 amide bonds. The molecule has 1 aliphatic rings. The summed E-state index contributed by atoms with van der Waals surface area (Å²) in [5.74, 6) is 0.225. The number of hydrogen-bond acceptors (Lipinski definition) is 5. The number of thiazole rings is 1. The van der Waals surface area contributed by atoms with E-state index in [9.17, 15) is 14.4 Å². The Kier molecular flexibility index (Phi) is 7.20. The highest BCUT2D eigenvalue weighted by molar-refractivity contribution is 7.15. The topological polar surface area (TPSA) is 91.4 Å². The van der Waals surface area contributed by atoms with Crippen LogP contribution in [0.1, 0.15) is 50.0 Å². The number of carbonyl (C=O) groups is 3. The molecule has 1 saturated heterocycles. The van der Waals surface area contributed by atoms with Gasteiger partial charge in [0, 0.05) is 42.7 Å². The van der Waals surface area contributed by atoms with Crippen LogP contribution in [0.2, 0.25) is 0 Å². The molecule has 2 N–H and O–H groups in total. The van der Waals surface area contributed by atoms with E-state index in [2.05, 4.69) is 29.5 Å². The van der Waals surface area contributed by atoms with E-state index in [0.29, 0.717) is 42.7 Å². The number of carbonyl (C=O) groups excluding carboxylic acids is 3. The van der Waals surface area contributed by atoms with E-state index in [4.69, 9.17) is 0 Å². The molecular formula is C22H28N4O3S. The summed E-state index contributed by atoms with van der Waals surface area (Å²) in [6, 6.07) is 7.31. The van der Waals surface area contributed by atoms with Crippen molar-refractivity contribution in [1.82, 2.24) is 9.88 Å². The smallest absolute Gasteiger partial charge is 0.230 e. The summed E-state index contributed by atoms with van der Waals surface area (Å²) in [5.41, 5.74) is 1.57. The number of nitrogens with zero attached hydrogens (tertiary/aromatic N) is 2. The predicted octanol–water partition coefficient (Wildman–Crippen LogP) is 3.64. The van der Waals surface area contributed by atoms with Crippen LogP contribution in [0.25, 0.3) is 0 Å². The Labute approximate surface area is 180 Å². The Hall–Kier alpha value is -2.74. The van der Waals surface area contributed by atoms with Gasteiger partial charge in [0.2, 0.25) is 17.7 Å². The molecule has 1 aliphatic heterocycles. The summed E-state index contributed by atoms with van der Waals surface area (Å²) >= 11 is 1.49. The second-order valence-electron chi connectivity index (χ2n) is 7.91. The third-order valence-corrected chi connectivity index (χ3v) is 6.45. The van der Waals surface area contributed by atoms with Crippen LogP contribution in [-0.4, -0.2) is 40.7 Å². The Balaban J connectivity index is 1.48. The van der Waals surface area contributed by atoms with E-state index in [1.165, 1.54) is 11.3 Å². The van der Waals surface area contributed by atoms with Crippen molar-refractivity contribution >= 4 is 39.9 Å². The van der Waals surface area contributed by atoms with Gasteiger partial charge >= 0.3 is 0 Å². The third-order valence-electron chi connectivity index (χ3n) is 5.24. The lowest BCUT2D eigenvalue weighted by Gasteiger charge is -2.30. The molecule has 0 spiro atoms. The molecule has 8 heteroatoms. The van der Waals surface area contributed by atoms with Crippen LogP contribution >= 0.6 is 11.3 Å². The lowest BCUT2D eigenvalue weighted by molar-refractivity contribution is -0.132. The van der Waals surface area contributed by atoms with E-state index >= 15 is 0 Å². The molecule has 0 saturated carbocycles. The highest BCUT2D eigenvalue weighted by atomic mass is 32.1. The molecule has 0 bridgehead atoms. The fraction of sp³-hybridized carbons (Fsp3) is 0.455. The van der Waals surface area contributed by atoms with E-state index < -0.39 is 0 Å². The number of benzene rings is 1. The minimum Gasteiger partial charge on any atom is -0.343 e. The molecule has 1 aromatic carbocycles. The van der Waals surface area contributed by atoms with Crippen molar-refractivity contribution in [2.45, 2.75) is 46.0 Å². The molecule has 1 aromatic heterocycles. The quantitative estimate of drug-likeness (QED) is 0.735. The monoisotopic (exact) mass is 428 g/mol. The molecule has 2 aromatic rings. The van der Waals surface area contributed by atoms with Crippen LogP contribution in [0.15, 0.2) is 30.5 Å². The van der Waals surface area contributed by atoms with Gasteiger partial charge in [0.25, 0.3) is 0 Å². The van der Waals surface area contributed by atoms with Crippen LogP contribution in [0, 0.1) is 5.92 Å². The standard InChI is InChI=1S/C22H28N4O3S/c1-14(2)19-13-23-22(30-19)25-20(28)12-16-4-6-18(7-5-16)24-21(29)17-8-10-26(11-9-17)15(3)27/h4-7,13-14,17H,8-12H2,1-3H3,(H,24,29)(H,23,25,28). The summed E-state index contributed by atoms with van der Waals surface area (Å²) in [6.45, 7) is 6.99. The maximum Gasteiger partial charge on any atom is 0.230 e. The molecule has 2 heterocycles. The largest absolute Gasteiger partial charge is 0.343 e. The van der Waals surface area contributed by atoms with Crippen molar-refractivity contribution in [3.8, 4) is 0 Å². The zero-order chi connectivity index (χ0) is 21.7. The normalized spacial score (nSPS) is 14.6. The van der Waals surface area contributed by atoms with Crippen LogP contribution in [0.3, 0.4) is 0 Å². The highest BCUT2D eigenvalue weighted by Crippen LogP contribution is 2.25. The van der Waals surface area contributed by atoms with Gasteiger partial charge in [0.15, 0.2) is 5.13 Å². The average molecular weight is 429 g/mol. The molecule has 0 atom stereocenters.